The first-order chi connectivity index (χ1) is 49.6. The predicted molar refractivity (Wildman–Crippen MR) is 422 cm³/mol. The molecule has 4 nitrogen and oxygen atoms in total. The molecular weight excluding hydrogens is 1210 g/mol. The summed E-state index contributed by atoms with van der Waals surface area (Å²) in [7, 11) is 0. The molecule has 100 heavy (non-hydrogen) atoms. The third-order valence-electron chi connectivity index (χ3n) is 20.8. The van der Waals surface area contributed by atoms with Gasteiger partial charge in [-0.05, 0) is 205 Å². The number of benzene rings is 16. The zero-order valence-electron chi connectivity index (χ0n) is 54.6. The van der Waals surface area contributed by atoms with Crippen LogP contribution in [0.3, 0.4) is 0 Å². The number of rotatable bonds is 11. The van der Waals surface area contributed by atoms with Crippen molar-refractivity contribution in [3.8, 4) is 101 Å². The first-order valence-corrected chi connectivity index (χ1v) is 34.4. The predicted octanol–water partition coefficient (Wildman–Crippen LogP) is 25.7. The van der Waals surface area contributed by atoms with Gasteiger partial charge in [0.2, 0.25) is 0 Å². The molecule has 0 aliphatic carbocycles. The van der Waals surface area contributed by atoms with E-state index in [2.05, 4.69) is 394 Å². The maximum absolute atomic E-state index is 2.47. The van der Waals surface area contributed by atoms with Gasteiger partial charge in [0.05, 0.1) is 44.1 Å². The molecule has 4 heteroatoms. The molecule has 16 aromatic carbocycles. The van der Waals surface area contributed by atoms with Crippen LogP contribution in [0.15, 0.2) is 376 Å². The van der Waals surface area contributed by atoms with Crippen molar-refractivity contribution in [3.05, 3.63) is 376 Å². The molecule has 0 aliphatic heterocycles. The summed E-state index contributed by atoms with van der Waals surface area (Å²) >= 11 is 0. The molecule has 0 bridgehead atoms. The average Bonchev–Trinajstić information content (AvgIpc) is 1.59. The molecule has 20 aromatic rings. The van der Waals surface area contributed by atoms with Crippen LogP contribution in [-0.4, -0.2) is 18.3 Å². The third kappa shape index (κ3) is 9.45. The summed E-state index contributed by atoms with van der Waals surface area (Å²) in [5.74, 6) is 0. The highest BCUT2D eigenvalue weighted by Crippen LogP contribution is 2.44. The van der Waals surface area contributed by atoms with Gasteiger partial charge in [-0.1, -0.05) is 249 Å². The fourth-order valence-electron chi connectivity index (χ4n) is 15.9. The fraction of sp³-hybridized carbons (Fsp3) is 0. The van der Waals surface area contributed by atoms with Crippen molar-refractivity contribution in [1.29, 1.82) is 0 Å². The lowest BCUT2D eigenvalue weighted by molar-refractivity contribution is 1.18. The molecule has 20 rings (SSSR count). The minimum absolute atomic E-state index is 1.11. The zero-order chi connectivity index (χ0) is 65.8. The first-order valence-electron chi connectivity index (χ1n) is 34.4. The molecule has 0 aliphatic rings. The maximum atomic E-state index is 2.47. The van der Waals surface area contributed by atoms with E-state index in [1.807, 2.05) is 0 Å². The lowest BCUT2D eigenvalue weighted by Gasteiger charge is -2.11. The highest BCUT2D eigenvalue weighted by atomic mass is 15.0. The van der Waals surface area contributed by atoms with E-state index in [-0.39, 0.29) is 0 Å². The summed E-state index contributed by atoms with van der Waals surface area (Å²) in [6, 6.07) is 139. The lowest BCUT2D eigenvalue weighted by atomic mass is 9.98. The first kappa shape index (κ1) is 57.0. The van der Waals surface area contributed by atoms with Gasteiger partial charge in [-0.2, -0.15) is 0 Å². The van der Waals surface area contributed by atoms with E-state index in [4.69, 9.17) is 0 Å². The number of hydrogen-bond donors (Lipinski definition) is 0. The molecule has 0 saturated carbocycles. The highest BCUT2D eigenvalue weighted by molar-refractivity contribution is 6.16. The number of nitrogens with zero attached hydrogens (tertiary/aromatic N) is 4. The van der Waals surface area contributed by atoms with E-state index in [9.17, 15) is 0 Å². The van der Waals surface area contributed by atoms with Crippen molar-refractivity contribution in [2.45, 2.75) is 0 Å². The zero-order valence-corrected chi connectivity index (χ0v) is 54.6. The summed E-state index contributed by atoms with van der Waals surface area (Å²) in [5.41, 5.74) is 30.4. The molecule has 0 saturated heterocycles. The van der Waals surface area contributed by atoms with Crippen molar-refractivity contribution >= 4 is 87.2 Å². The minimum Gasteiger partial charge on any atom is -0.309 e. The van der Waals surface area contributed by atoms with Crippen molar-refractivity contribution in [2.75, 3.05) is 0 Å². The Bertz CT molecular complexity index is 6570. The topological polar surface area (TPSA) is 19.7 Å². The molecule has 0 unspecified atom stereocenters. The van der Waals surface area contributed by atoms with Crippen LogP contribution in [0.4, 0.5) is 0 Å². The summed E-state index contributed by atoms with van der Waals surface area (Å²) in [6.45, 7) is 0. The van der Waals surface area contributed by atoms with Crippen molar-refractivity contribution < 1.29 is 0 Å². The molecule has 0 fully saturated rings. The maximum Gasteiger partial charge on any atom is 0.0547 e. The molecule has 466 valence electrons. The molecule has 0 spiro atoms. The summed E-state index contributed by atoms with van der Waals surface area (Å²) in [5, 5.41) is 9.71. The minimum atomic E-state index is 1.11. The SMILES string of the molecule is c1ccc(-c2ccc(-n3c4ccccc4c4cc(-c5ccc6c(c5)c5ccc(-c7ccc8c(c7)c7cc(-c9ccc%10c(c9)c9ccccc9n%10-c9cccc(-c%10ccccc%10)c9)ccc7n8-c7ccc(-c8ccccc8)cc7)cc5n6-c5ccc(-c6ccccc6)cc5)ccc43)cc2)cc1. The van der Waals surface area contributed by atoms with Gasteiger partial charge in [0.25, 0.3) is 0 Å². The Morgan fingerprint density at radius 1 is 0.110 bits per heavy atom. The summed E-state index contributed by atoms with van der Waals surface area (Å²) in [6.07, 6.45) is 0. The van der Waals surface area contributed by atoms with Crippen LogP contribution < -0.4 is 0 Å². The van der Waals surface area contributed by atoms with Gasteiger partial charge in [0, 0.05) is 65.8 Å². The fourth-order valence-corrected chi connectivity index (χ4v) is 15.9. The van der Waals surface area contributed by atoms with E-state index in [0.29, 0.717) is 0 Å². The van der Waals surface area contributed by atoms with Gasteiger partial charge in [-0.25, -0.2) is 0 Å². The average molecular weight is 1270 g/mol. The van der Waals surface area contributed by atoms with E-state index >= 15 is 0 Å². The molecule has 0 atom stereocenters. The van der Waals surface area contributed by atoms with Crippen LogP contribution in [0, 0.1) is 0 Å². The largest absolute Gasteiger partial charge is 0.309 e. The molecule has 4 heterocycles. The van der Waals surface area contributed by atoms with Gasteiger partial charge in [0.15, 0.2) is 0 Å². The molecule has 0 radical (unpaired) electrons. The molecular formula is C96H62N4. The van der Waals surface area contributed by atoms with Crippen molar-refractivity contribution in [2.24, 2.45) is 0 Å². The number of aromatic nitrogens is 4. The van der Waals surface area contributed by atoms with Gasteiger partial charge in [-0.3, -0.25) is 0 Å². The Kier molecular flexibility index (Phi) is 13.2. The molecule has 4 aromatic heterocycles. The number of para-hydroxylation sites is 2. The van der Waals surface area contributed by atoms with E-state index in [1.165, 1.54) is 132 Å². The van der Waals surface area contributed by atoms with Crippen LogP contribution >= 0.6 is 0 Å². The highest BCUT2D eigenvalue weighted by Gasteiger charge is 2.22. The number of fused-ring (bicyclic) bond motifs is 12. The Morgan fingerprint density at radius 2 is 0.340 bits per heavy atom. The van der Waals surface area contributed by atoms with Crippen LogP contribution in [0.5, 0.6) is 0 Å². The van der Waals surface area contributed by atoms with Crippen LogP contribution in [-0.2, 0) is 0 Å². The van der Waals surface area contributed by atoms with Crippen LogP contribution in [0.2, 0.25) is 0 Å². The Morgan fingerprint density at radius 3 is 0.710 bits per heavy atom. The summed E-state index contributed by atoms with van der Waals surface area (Å²) < 4.78 is 9.75. The molecule has 0 N–H and O–H groups in total. The van der Waals surface area contributed by atoms with E-state index in [1.54, 1.807) is 0 Å². The standard InChI is InChI=1S/C96H62N4/c1-5-18-63(19-6-1)67-32-44-77(45-33-67)97-89-30-15-13-28-81(89)84-57-71(39-51-91(84)97)73-40-52-92-86(59-73)83-50-38-76(62-96(83)99(92)79-48-36-69(37-49-79)65-22-9-3-10-23-65)75-43-55-95-88(61-75)87-60-74(42-54-94(87)98(95)78-46-34-68(35-47-78)64-20-7-2-8-21-64)72-41-53-93-85(58-72)82-29-14-16-31-90(82)100(93)80-27-17-26-70(56-80)66-24-11-4-12-25-66/h1-62H. The second kappa shape index (κ2) is 23.2. The van der Waals surface area contributed by atoms with E-state index in [0.717, 1.165) is 55.9 Å². The van der Waals surface area contributed by atoms with Gasteiger partial charge in [-0.15, -0.1) is 0 Å². The second-order valence-corrected chi connectivity index (χ2v) is 26.4. The Hall–Kier alpha value is -13.3. The smallest absolute Gasteiger partial charge is 0.0547 e. The van der Waals surface area contributed by atoms with Gasteiger partial charge >= 0.3 is 0 Å². The van der Waals surface area contributed by atoms with Crippen LogP contribution in [0.25, 0.3) is 188 Å². The van der Waals surface area contributed by atoms with Crippen LogP contribution in [0.1, 0.15) is 0 Å². The van der Waals surface area contributed by atoms with Crippen molar-refractivity contribution in [3.63, 3.8) is 0 Å². The Labute approximate surface area is 578 Å². The van der Waals surface area contributed by atoms with E-state index < -0.39 is 0 Å². The van der Waals surface area contributed by atoms with Crippen molar-refractivity contribution in [1.82, 2.24) is 18.3 Å². The normalized spacial score (nSPS) is 11.8. The number of hydrogen-bond acceptors (Lipinski definition) is 0. The van der Waals surface area contributed by atoms with Gasteiger partial charge in [0.1, 0.15) is 0 Å². The molecule has 0 amide bonds. The quantitative estimate of drug-likeness (QED) is 0.123. The summed E-state index contributed by atoms with van der Waals surface area (Å²) in [4.78, 5) is 0. The lowest BCUT2D eigenvalue weighted by Crippen LogP contribution is -1.95. The Balaban J connectivity index is 0.729. The monoisotopic (exact) mass is 1270 g/mol. The second-order valence-electron chi connectivity index (χ2n) is 26.4. The van der Waals surface area contributed by atoms with Gasteiger partial charge < -0.3 is 18.3 Å². The third-order valence-corrected chi connectivity index (χ3v) is 20.8.